The van der Waals surface area contributed by atoms with E-state index < -0.39 is 0 Å². The molecule has 0 radical (unpaired) electrons. The largest absolute Gasteiger partial charge is 0.457 e. The maximum Gasteiger partial charge on any atom is 0.227 e. The van der Waals surface area contributed by atoms with Crippen molar-refractivity contribution in [1.82, 2.24) is 0 Å². The summed E-state index contributed by atoms with van der Waals surface area (Å²) in [6.45, 7) is 0. The van der Waals surface area contributed by atoms with Crippen molar-refractivity contribution in [3.63, 3.8) is 0 Å². The number of rotatable bonds is 6. The van der Waals surface area contributed by atoms with Gasteiger partial charge in [0.1, 0.15) is 11.5 Å². The van der Waals surface area contributed by atoms with Crippen LogP contribution >= 0.6 is 35.0 Å². The van der Waals surface area contributed by atoms with Gasteiger partial charge >= 0.3 is 0 Å². The summed E-state index contributed by atoms with van der Waals surface area (Å²) in [5.41, 5.74) is 6.11. The third-order valence-corrected chi connectivity index (χ3v) is 4.34. The lowest BCUT2D eigenvalue weighted by Crippen LogP contribution is -2.13. The first kappa shape index (κ1) is 16.0. The number of hydrogen-bond donors (Lipinski definition) is 1. The summed E-state index contributed by atoms with van der Waals surface area (Å²) >= 11 is 13.3. The standard InChI is InChI=1S/C15H13Cl2NO2S/c16-12-6-5-11(7-13(12)17)20-14-4-2-1-3-10(14)8-21-9-15(18)19/h1-7H,8-9H2,(H2,18,19). The SMILES string of the molecule is NC(=O)CSCc1ccccc1Oc1ccc(Cl)c(Cl)c1. The first-order valence-corrected chi connectivity index (χ1v) is 8.04. The Morgan fingerprint density at radius 1 is 1.14 bits per heavy atom. The second kappa shape index (κ2) is 7.59. The topological polar surface area (TPSA) is 52.3 Å². The van der Waals surface area contributed by atoms with Crippen LogP contribution in [0.15, 0.2) is 42.5 Å². The number of amides is 1. The number of ether oxygens (including phenoxy) is 1. The molecular weight excluding hydrogens is 329 g/mol. The Kier molecular flexibility index (Phi) is 5.79. The van der Waals surface area contributed by atoms with Crippen LogP contribution in [-0.2, 0) is 10.5 Å². The van der Waals surface area contributed by atoms with Gasteiger partial charge in [-0.3, -0.25) is 4.79 Å². The highest BCUT2D eigenvalue weighted by molar-refractivity contribution is 7.99. The number of thioether (sulfide) groups is 1. The number of hydrogen-bond acceptors (Lipinski definition) is 3. The second-order valence-corrected chi connectivity index (χ2v) is 6.04. The van der Waals surface area contributed by atoms with Crippen LogP contribution < -0.4 is 10.5 Å². The van der Waals surface area contributed by atoms with E-state index in [1.165, 1.54) is 11.8 Å². The first-order chi connectivity index (χ1) is 10.1. The van der Waals surface area contributed by atoms with E-state index in [9.17, 15) is 4.79 Å². The Morgan fingerprint density at radius 3 is 2.62 bits per heavy atom. The van der Waals surface area contributed by atoms with Crippen molar-refractivity contribution in [2.45, 2.75) is 5.75 Å². The number of halogens is 2. The lowest BCUT2D eigenvalue weighted by atomic mass is 10.2. The van der Waals surface area contributed by atoms with Crippen molar-refractivity contribution < 1.29 is 9.53 Å². The summed E-state index contributed by atoms with van der Waals surface area (Å²) in [6.07, 6.45) is 0. The van der Waals surface area contributed by atoms with Crippen LogP contribution in [0.2, 0.25) is 10.0 Å². The van der Waals surface area contributed by atoms with Crippen molar-refractivity contribution >= 4 is 40.9 Å². The van der Waals surface area contributed by atoms with Crippen molar-refractivity contribution in [3.8, 4) is 11.5 Å². The monoisotopic (exact) mass is 341 g/mol. The summed E-state index contributed by atoms with van der Waals surface area (Å²) in [5.74, 6) is 1.91. The average molecular weight is 342 g/mol. The van der Waals surface area contributed by atoms with Gasteiger partial charge in [-0.1, -0.05) is 41.4 Å². The molecule has 6 heteroatoms. The van der Waals surface area contributed by atoms with Crippen LogP contribution in [-0.4, -0.2) is 11.7 Å². The van der Waals surface area contributed by atoms with E-state index in [2.05, 4.69) is 0 Å². The zero-order valence-corrected chi connectivity index (χ0v) is 13.3. The zero-order valence-electron chi connectivity index (χ0n) is 11.0. The van der Waals surface area contributed by atoms with E-state index >= 15 is 0 Å². The molecule has 2 aromatic rings. The number of para-hydroxylation sites is 1. The Bertz CT molecular complexity index is 649. The summed E-state index contributed by atoms with van der Waals surface area (Å²) in [6, 6.07) is 12.7. The maximum atomic E-state index is 10.8. The minimum Gasteiger partial charge on any atom is -0.457 e. The van der Waals surface area contributed by atoms with Gasteiger partial charge < -0.3 is 10.5 Å². The highest BCUT2D eigenvalue weighted by Crippen LogP contribution is 2.32. The number of carbonyl (C=O) groups excluding carboxylic acids is 1. The minimum absolute atomic E-state index is 0.279. The molecule has 3 nitrogen and oxygen atoms in total. The summed E-state index contributed by atoms with van der Waals surface area (Å²) in [7, 11) is 0. The summed E-state index contributed by atoms with van der Waals surface area (Å²) < 4.78 is 5.83. The molecule has 0 fully saturated rings. The first-order valence-electron chi connectivity index (χ1n) is 6.13. The number of carbonyl (C=O) groups is 1. The van der Waals surface area contributed by atoms with E-state index in [-0.39, 0.29) is 11.7 Å². The molecular formula is C15H13Cl2NO2S. The Balaban J connectivity index is 2.12. The highest BCUT2D eigenvalue weighted by Gasteiger charge is 2.07. The van der Waals surface area contributed by atoms with Crippen molar-refractivity contribution in [2.24, 2.45) is 5.73 Å². The normalized spacial score (nSPS) is 10.4. The van der Waals surface area contributed by atoms with Crippen LogP contribution in [0.25, 0.3) is 0 Å². The van der Waals surface area contributed by atoms with Gasteiger partial charge in [-0.05, 0) is 18.2 Å². The lowest BCUT2D eigenvalue weighted by Gasteiger charge is -2.11. The molecule has 0 atom stereocenters. The molecule has 2 aromatic carbocycles. The Labute approximate surface area is 137 Å². The molecule has 0 aliphatic rings. The molecule has 110 valence electrons. The summed E-state index contributed by atoms with van der Waals surface area (Å²) in [4.78, 5) is 10.8. The number of nitrogens with two attached hydrogens (primary N) is 1. The molecule has 0 saturated carbocycles. The maximum absolute atomic E-state index is 10.8. The minimum atomic E-state index is -0.331. The average Bonchev–Trinajstić information content (AvgIpc) is 2.44. The number of benzene rings is 2. The van der Waals surface area contributed by atoms with Gasteiger partial charge in [0.2, 0.25) is 5.91 Å². The molecule has 0 aliphatic carbocycles. The molecule has 0 saturated heterocycles. The molecule has 0 aliphatic heterocycles. The van der Waals surface area contributed by atoms with Crippen molar-refractivity contribution in [2.75, 3.05) is 5.75 Å². The van der Waals surface area contributed by atoms with Gasteiger partial charge in [-0.25, -0.2) is 0 Å². The highest BCUT2D eigenvalue weighted by atomic mass is 35.5. The number of primary amides is 1. The van der Waals surface area contributed by atoms with E-state index in [4.69, 9.17) is 33.7 Å². The van der Waals surface area contributed by atoms with Crippen molar-refractivity contribution in [1.29, 1.82) is 0 Å². The Morgan fingerprint density at radius 2 is 1.90 bits per heavy atom. The summed E-state index contributed by atoms with van der Waals surface area (Å²) in [5, 5.41) is 0.920. The third-order valence-electron chi connectivity index (χ3n) is 2.59. The van der Waals surface area contributed by atoms with Gasteiger partial charge in [0.25, 0.3) is 0 Å². The molecule has 1 amide bonds. The van der Waals surface area contributed by atoms with E-state index in [0.717, 1.165) is 5.56 Å². The Hall–Kier alpha value is -1.36. The second-order valence-electron chi connectivity index (χ2n) is 4.24. The van der Waals surface area contributed by atoms with Gasteiger partial charge in [-0.2, -0.15) is 0 Å². The third kappa shape index (κ3) is 4.84. The van der Waals surface area contributed by atoms with E-state index in [1.807, 2.05) is 24.3 Å². The molecule has 0 bridgehead atoms. The molecule has 0 heterocycles. The fourth-order valence-corrected chi connectivity index (χ4v) is 2.70. The van der Waals surface area contributed by atoms with Crippen LogP contribution in [0, 0.1) is 0 Å². The lowest BCUT2D eigenvalue weighted by molar-refractivity contribution is -0.115. The molecule has 2 N–H and O–H groups in total. The van der Waals surface area contributed by atoms with Gasteiger partial charge in [0, 0.05) is 17.4 Å². The predicted molar refractivity (Wildman–Crippen MR) is 88.3 cm³/mol. The van der Waals surface area contributed by atoms with Crippen LogP contribution in [0.3, 0.4) is 0 Å². The molecule has 21 heavy (non-hydrogen) atoms. The van der Waals surface area contributed by atoms with Crippen LogP contribution in [0.5, 0.6) is 11.5 Å². The molecule has 2 rings (SSSR count). The fourth-order valence-electron chi connectivity index (χ4n) is 1.65. The molecule has 0 aromatic heterocycles. The zero-order chi connectivity index (χ0) is 15.2. The van der Waals surface area contributed by atoms with Crippen LogP contribution in [0.1, 0.15) is 5.56 Å². The predicted octanol–water partition coefficient (Wildman–Crippen LogP) is 4.50. The fraction of sp³-hybridized carbons (Fsp3) is 0.133. The van der Waals surface area contributed by atoms with E-state index in [1.54, 1.807) is 18.2 Å². The van der Waals surface area contributed by atoms with Crippen molar-refractivity contribution in [3.05, 3.63) is 58.1 Å². The quantitative estimate of drug-likeness (QED) is 0.841. The van der Waals surface area contributed by atoms with Crippen LogP contribution in [0.4, 0.5) is 0 Å². The molecule has 0 spiro atoms. The molecule has 0 unspecified atom stereocenters. The smallest absolute Gasteiger partial charge is 0.227 e. The van der Waals surface area contributed by atoms with Gasteiger partial charge in [0.15, 0.2) is 0 Å². The van der Waals surface area contributed by atoms with E-state index in [0.29, 0.717) is 27.3 Å². The van der Waals surface area contributed by atoms with Gasteiger partial charge in [-0.15, -0.1) is 11.8 Å². The van der Waals surface area contributed by atoms with Gasteiger partial charge in [0.05, 0.1) is 15.8 Å².